The maximum atomic E-state index is 13.1. The van der Waals surface area contributed by atoms with Crippen LogP contribution in [0.5, 0.6) is 0 Å². The lowest BCUT2D eigenvalue weighted by molar-refractivity contribution is -0.161. The number of hydrogen-bond acceptors (Lipinski definition) is 7. The van der Waals surface area contributed by atoms with Gasteiger partial charge in [0, 0.05) is 23.8 Å². The number of rotatable bonds is 9. The molecule has 0 amide bonds. The smallest absolute Gasteiger partial charge is 0.328 e. The topological polar surface area (TPSA) is 135 Å². The molecule has 0 aromatic carbocycles. The standard InChI is InChI=1S/C23H32O8/c1-13(8-20(28)29)9-21(30)31-7-5-15-11-18(26)17-12-16(25)10-14(2)22(17)23(15,3)19(27)4-6-24/h6,8,14-17,22,25H,4-5,7,9-12H2,1-3H3,(H,28,29)/t14-,15+,16?,17-,22?,23-/m1/s1. The van der Waals surface area contributed by atoms with E-state index in [1.165, 1.54) is 6.92 Å². The van der Waals surface area contributed by atoms with Crippen LogP contribution < -0.4 is 0 Å². The van der Waals surface area contributed by atoms with Gasteiger partial charge in [0.2, 0.25) is 0 Å². The van der Waals surface area contributed by atoms with Crippen molar-refractivity contribution in [1.82, 2.24) is 0 Å². The molecule has 0 heterocycles. The molecule has 0 radical (unpaired) electrons. The summed E-state index contributed by atoms with van der Waals surface area (Å²) in [4.78, 5) is 59.7. The Hall–Kier alpha value is -2.35. The summed E-state index contributed by atoms with van der Waals surface area (Å²) in [6.45, 7) is 5.25. The minimum Gasteiger partial charge on any atom is -0.478 e. The third kappa shape index (κ3) is 5.67. The summed E-state index contributed by atoms with van der Waals surface area (Å²) in [6.07, 6.45) is 1.80. The summed E-state index contributed by atoms with van der Waals surface area (Å²) in [5.41, 5.74) is -0.571. The number of fused-ring (bicyclic) bond motifs is 1. The van der Waals surface area contributed by atoms with Crippen molar-refractivity contribution >= 4 is 29.8 Å². The quantitative estimate of drug-likeness (QED) is 0.243. The second-order valence-electron chi connectivity index (χ2n) is 9.19. The Kier molecular flexibility index (Phi) is 8.28. The molecule has 0 saturated heterocycles. The number of carboxylic acids is 1. The first kappa shape index (κ1) is 24.9. The highest BCUT2D eigenvalue weighted by Gasteiger charge is 2.58. The van der Waals surface area contributed by atoms with Gasteiger partial charge in [0.15, 0.2) is 0 Å². The van der Waals surface area contributed by atoms with Crippen molar-refractivity contribution in [3.8, 4) is 0 Å². The van der Waals surface area contributed by atoms with E-state index in [2.05, 4.69) is 0 Å². The van der Waals surface area contributed by atoms with E-state index in [4.69, 9.17) is 9.84 Å². The van der Waals surface area contributed by atoms with Crippen molar-refractivity contribution in [3.05, 3.63) is 11.6 Å². The average molecular weight is 437 g/mol. The Labute approximate surface area is 182 Å². The van der Waals surface area contributed by atoms with Crippen molar-refractivity contribution < 1.29 is 38.9 Å². The van der Waals surface area contributed by atoms with Crippen LogP contribution in [0.4, 0.5) is 0 Å². The van der Waals surface area contributed by atoms with E-state index in [9.17, 15) is 29.1 Å². The molecule has 2 unspecified atom stereocenters. The second kappa shape index (κ2) is 10.3. The number of aliphatic hydroxyl groups excluding tert-OH is 1. The normalized spacial score (nSPS) is 33.4. The van der Waals surface area contributed by atoms with Gasteiger partial charge in [-0.15, -0.1) is 0 Å². The monoisotopic (exact) mass is 436 g/mol. The maximum absolute atomic E-state index is 13.1. The molecule has 2 aliphatic carbocycles. The third-order valence-electron chi connectivity index (χ3n) is 7.01. The Morgan fingerprint density at radius 3 is 2.55 bits per heavy atom. The molecule has 8 nitrogen and oxygen atoms in total. The molecule has 6 atom stereocenters. The Bertz CT molecular complexity index is 770. The zero-order chi connectivity index (χ0) is 23.3. The number of aliphatic carboxylic acids is 1. The molecule has 2 N–H and O–H groups in total. The lowest BCUT2D eigenvalue weighted by Crippen LogP contribution is -2.57. The number of aliphatic hydroxyl groups is 1. The van der Waals surface area contributed by atoms with Crippen molar-refractivity contribution in [2.45, 2.75) is 65.4 Å². The predicted octanol–water partition coefficient (Wildman–Crippen LogP) is 2.12. The zero-order valence-corrected chi connectivity index (χ0v) is 18.3. The van der Waals surface area contributed by atoms with Gasteiger partial charge in [-0.3, -0.25) is 14.4 Å². The van der Waals surface area contributed by atoms with Crippen LogP contribution in [0.3, 0.4) is 0 Å². The summed E-state index contributed by atoms with van der Waals surface area (Å²) < 4.78 is 5.24. The van der Waals surface area contributed by atoms with Crippen LogP contribution in [0.2, 0.25) is 0 Å². The molecule has 8 heteroatoms. The molecule has 31 heavy (non-hydrogen) atoms. The first-order valence-electron chi connectivity index (χ1n) is 10.7. The highest BCUT2D eigenvalue weighted by Crippen LogP contribution is 2.56. The third-order valence-corrected chi connectivity index (χ3v) is 7.01. The number of carbonyl (C=O) groups is 5. The fourth-order valence-electron chi connectivity index (χ4n) is 5.69. The number of hydrogen-bond donors (Lipinski definition) is 2. The Morgan fingerprint density at radius 1 is 1.26 bits per heavy atom. The fourth-order valence-corrected chi connectivity index (χ4v) is 5.69. The van der Waals surface area contributed by atoms with Gasteiger partial charge in [-0.25, -0.2) is 4.79 Å². The number of aldehydes is 1. The summed E-state index contributed by atoms with van der Waals surface area (Å²) in [6, 6.07) is 0. The summed E-state index contributed by atoms with van der Waals surface area (Å²) >= 11 is 0. The van der Waals surface area contributed by atoms with E-state index in [0.717, 1.165) is 6.08 Å². The first-order valence-corrected chi connectivity index (χ1v) is 10.7. The second-order valence-corrected chi connectivity index (χ2v) is 9.19. The largest absolute Gasteiger partial charge is 0.478 e. The van der Waals surface area contributed by atoms with E-state index >= 15 is 0 Å². The maximum Gasteiger partial charge on any atom is 0.328 e. The molecule has 2 aliphatic rings. The summed E-state index contributed by atoms with van der Waals surface area (Å²) in [7, 11) is 0. The van der Waals surface area contributed by atoms with Crippen LogP contribution in [0, 0.1) is 29.1 Å². The lowest BCUT2D eigenvalue weighted by Gasteiger charge is -2.54. The summed E-state index contributed by atoms with van der Waals surface area (Å²) in [5.74, 6) is -3.06. The molecule has 0 aromatic heterocycles. The van der Waals surface area contributed by atoms with Gasteiger partial charge < -0.3 is 19.7 Å². The van der Waals surface area contributed by atoms with Crippen LogP contribution in [0.1, 0.15) is 59.3 Å². The fraction of sp³-hybridized carbons (Fsp3) is 0.696. The van der Waals surface area contributed by atoms with Gasteiger partial charge in [-0.2, -0.15) is 0 Å². The minimum absolute atomic E-state index is 0.00328. The molecule has 2 rings (SSSR count). The minimum atomic E-state index is -1.14. The average Bonchev–Trinajstić information content (AvgIpc) is 2.64. The van der Waals surface area contributed by atoms with Gasteiger partial charge in [0.05, 0.1) is 25.6 Å². The first-order chi connectivity index (χ1) is 14.5. The molecule has 0 spiro atoms. The molecular formula is C23H32O8. The Balaban J connectivity index is 2.16. The number of esters is 1. The highest BCUT2D eigenvalue weighted by atomic mass is 16.5. The van der Waals surface area contributed by atoms with Crippen LogP contribution in [0.25, 0.3) is 0 Å². The molecule has 2 fully saturated rings. The van der Waals surface area contributed by atoms with Crippen LogP contribution in [0.15, 0.2) is 11.6 Å². The number of ketones is 2. The highest BCUT2D eigenvalue weighted by molar-refractivity contribution is 5.96. The van der Waals surface area contributed by atoms with Gasteiger partial charge in [-0.05, 0) is 43.9 Å². The number of ether oxygens (including phenoxy) is 1. The van der Waals surface area contributed by atoms with Crippen molar-refractivity contribution in [2.75, 3.05) is 6.61 Å². The molecule has 0 bridgehead atoms. The van der Waals surface area contributed by atoms with Crippen LogP contribution in [-0.4, -0.2) is 52.7 Å². The summed E-state index contributed by atoms with van der Waals surface area (Å²) in [5, 5.41) is 18.9. The van der Waals surface area contributed by atoms with Crippen LogP contribution >= 0.6 is 0 Å². The van der Waals surface area contributed by atoms with E-state index < -0.39 is 29.4 Å². The molecule has 0 aliphatic heterocycles. The van der Waals surface area contributed by atoms with E-state index in [1.807, 2.05) is 13.8 Å². The van der Waals surface area contributed by atoms with E-state index in [1.54, 1.807) is 0 Å². The molecular weight excluding hydrogens is 404 g/mol. The van der Waals surface area contributed by atoms with Gasteiger partial charge in [0.1, 0.15) is 17.9 Å². The van der Waals surface area contributed by atoms with Crippen molar-refractivity contribution in [3.63, 3.8) is 0 Å². The Morgan fingerprint density at radius 2 is 1.94 bits per heavy atom. The molecule has 2 saturated carbocycles. The SMILES string of the molecule is CC(=CC(=O)O)CC(=O)OCC[C@H]1CC(=O)[C@H]2CC(O)C[C@@H](C)C2[C@@]1(C)C(=O)CC=O. The molecule has 172 valence electrons. The van der Waals surface area contributed by atoms with E-state index in [0.29, 0.717) is 31.1 Å². The molecule has 0 aromatic rings. The number of carboxylic acid groups (broad SMARTS) is 1. The van der Waals surface area contributed by atoms with E-state index in [-0.39, 0.29) is 55.2 Å². The van der Waals surface area contributed by atoms with Gasteiger partial charge in [-0.1, -0.05) is 19.4 Å². The van der Waals surface area contributed by atoms with Crippen LogP contribution in [-0.2, 0) is 28.7 Å². The van der Waals surface area contributed by atoms with Gasteiger partial charge >= 0.3 is 11.9 Å². The predicted molar refractivity (Wildman–Crippen MR) is 110 cm³/mol. The zero-order valence-electron chi connectivity index (χ0n) is 18.3. The van der Waals surface area contributed by atoms with Crippen molar-refractivity contribution in [2.24, 2.45) is 29.1 Å². The number of carbonyl (C=O) groups excluding carboxylic acids is 4. The van der Waals surface area contributed by atoms with Gasteiger partial charge in [0.25, 0.3) is 0 Å². The van der Waals surface area contributed by atoms with Crippen molar-refractivity contribution in [1.29, 1.82) is 0 Å². The number of Topliss-reactive ketones (excluding diaryl/α,β-unsaturated/α-hetero) is 2. The lowest BCUT2D eigenvalue weighted by atomic mass is 9.48.